The van der Waals surface area contributed by atoms with Gasteiger partial charge in [0.15, 0.2) is 5.78 Å². The Balaban J connectivity index is 0.000000172. The molecule has 15 aromatic rings. The van der Waals surface area contributed by atoms with Crippen LogP contribution in [-0.4, -0.2) is 134 Å². The molecule has 0 bridgehead atoms. The summed E-state index contributed by atoms with van der Waals surface area (Å²) in [5, 5.41) is 25.7. The van der Waals surface area contributed by atoms with Crippen LogP contribution in [0.25, 0.3) is 66.9 Å². The molecule has 648 valence electrons. The number of benzene rings is 6. The molecule has 6 aromatic carbocycles. The van der Waals surface area contributed by atoms with E-state index in [1.807, 2.05) is 44.9 Å². The number of nitriles is 1. The third-order valence-corrected chi connectivity index (χ3v) is 20.3. The minimum absolute atomic E-state index is 0.0574. The maximum Gasteiger partial charge on any atom is 0.337 e. The monoisotopic (exact) mass is 1730 g/mol. The number of aromatic nitrogens is 12. The number of aromatic carboxylic acids is 1. The van der Waals surface area contributed by atoms with E-state index < -0.39 is 17.8 Å². The normalized spacial score (nSPS) is 10.9. The number of halogens is 4. The first kappa shape index (κ1) is 92.4. The molecule has 2 N–H and O–H groups in total. The summed E-state index contributed by atoms with van der Waals surface area (Å²) in [6.45, 7) is 5.99. The predicted molar refractivity (Wildman–Crippen MR) is 471 cm³/mol. The van der Waals surface area contributed by atoms with E-state index in [-0.39, 0.29) is 78.7 Å². The largest absolute Gasteiger partial charge is 0.478 e. The zero-order valence-corrected chi connectivity index (χ0v) is 71.4. The minimum Gasteiger partial charge on any atom is -0.478 e. The number of ketones is 1. The number of carbonyl (C=O) groups excluding carboxylic acids is 2. The molecule has 15 rings (SSSR count). The summed E-state index contributed by atoms with van der Waals surface area (Å²) in [6.07, 6.45) is 6.18. The second-order valence-electron chi connectivity index (χ2n) is 28.5. The molecule has 0 fully saturated rings. The van der Waals surface area contributed by atoms with Crippen molar-refractivity contribution in [2.24, 2.45) is 21.1 Å². The number of aryl methyl sites for hydroxylation is 3. The second kappa shape index (κ2) is 44.1. The molecule has 0 radical (unpaired) electrons. The average molecular weight is 1730 g/mol. The molecule has 126 heavy (non-hydrogen) atoms. The Hall–Kier alpha value is -14.4. The van der Waals surface area contributed by atoms with Gasteiger partial charge in [0, 0.05) is 153 Å². The Morgan fingerprint density at radius 2 is 0.802 bits per heavy atom. The van der Waals surface area contributed by atoms with Crippen LogP contribution in [0.5, 0.6) is 11.8 Å². The Morgan fingerprint density at radius 1 is 0.444 bits per heavy atom. The zero-order valence-electron chi connectivity index (χ0n) is 70.6. The third-order valence-electron chi connectivity index (χ3n) is 20.1. The Morgan fingerprint density at radius 3 is 1.16 bits per heavy atom. The fraction of sp³-hybridized carbons (Fsp3) is 0.232. The molecule has 31 heteroatoms. The van der Waals surface area contributed by atoms with Crippen LogP contribution in [-0.2, 0) is 98.8 Å². The summed E-state index contributed by atoms with van der Waals surface area (Å²) in [5.41, 5.74) is 11.5. The molecular formula is C95H91ClF3N13O14. The fourth-order valence-electron chi connectivity index (χ4n) is 13.5. The smallest absolute Gasteiger partial charge is 0.337 e. The molecule has 0 spiro atoms. The minimum atomic E-state index is -1.03. The molecule has 27 nitrogen and oxygen atoms in total. The van der Waals surface area contributed by atoms with Gasteiger partial charge in [0.1, 0.15) is 53.3 Å². The van der Waals surface area contributed by atoms with Crippen LogP contribution in [0, 0.1) is 28.8 Å². The number of methoxy groups -OCH3 is 4. The number of ether oxygens (including phenoxy) is 6. The molecule has 0 aliphatic heterocycles. The number of nitrogens with zero attached hydrogens (tertiary/aromatic N) is 13. The van der Waals surface area contributed by atoms with E-state index in [9.17, 15) is 38.3 Å². The lowest BCUT2D eigenvalue weighted by molar-refractivity contribution is 0.0599. The summed E-state index contributed by atoms with van der Waals surface area (Å²) in [7, 11) is 11.2. The number of hydrogen-bond acceptors (Lipinski definition) is 20. The van der Waals surface area contributed by atoms with Crippen LogP contribution in [0.1, 0.15) is 102 Å². The van der Waals surface area contributed by atoms with Crippen LogP contribution in [0.2, 0.25) is 5.15 Å². The number of rotatable bonds is 29. The van der Waals surface area contributed by atoms with Gasteiger partial charge in [-0.25, -0.2) is 52.7 Å². The quantitative estimate of drug-likeness (QED) is 0.0250. The van der Waals surface area contributed by atoms with Crippen LogP contribution in [0.3, 0.4) is 0 Å². The van der Waals surface area contributed by atoms with E-state index in [0.29, 0.717) is 175 Å². The van der Waals surface area contributed by atoms with E-state index in [1.165, 1.54) is 52.0 Å². The number of carboxylic acid groups (broad SMARTS) is 1. The number of carbonyl (C=O) groups is 3. The van der Waals surface area contributed by atoms with Gasteiger partial charge in [0.25, 0.3) is 16.7 Å². The van der Waals surface area contributed by atoms with E-state index in [1.54, 1.807) is 219 Å². The molecule has 0 unspecified atom stereocenters. The van der Waals surface area contributed by atoms with Gasteiger partial charge in [-0.05, 0) is 150 Å². The molecule has 0 aliphatic carbocycles. The van der Waals surface area contributed by atoms with Gasteiger partial charge in [-0.3, -0.25) is 19.2 Å². The fourth-order valence-corrected chi connectivity index (χ4v) is 13.7. The molecule has 0 amide bonds. The number of hydrogen-bond donors (Lipinski definition) is 2. The van der Waals surface area contributed by atoms with Crippen LogP contribution >= 0.6 is 11.6 Å². The highest BCUT2D eigenvalue weighted by Gasteiger charge is 2.22. The van der Waals surface area contributed by atoms with Crippen molar-refractivity contribution in [3.8, 4) is 51.6 Å². The van der Waals surface area contributed by atoms with Gasteiger partial charge in [0.05, 0.1) is 112 Å². The van der Waals surface area contributed by atoms with Gasteiger partial charge >= 0.3 is 11.9 Å². The number of aliphatic hydroxyl groups excluding tert-OH is 1. The number of aliphatic hydroxyl groups is 1. The number of Topliss-reactive ketones (excluding diaryl/α,β-unsaturated/α-hetero) is 1. The first-order valence-electron chi connectivity index (χ1n) is 39.7. The van der Waals surface area contributed by atoms with Crippen molar-refractivity contribution in [2.75, 3.05) is 48.3 Å². The molecule has 0 saturated heterocycles. The Kier molecular flexibility index (Phi) is 32.3. The summed E-state index contributed by atoms with van der Waals surface area (Å²) in [6, 6.07) is 58.0. The summed E-state index contributed by atoms with van der Waals surface area (Å²) in [5.74, 6) is 0.0588. The van der Waals surface area contributed by atoms with E-state index in [2.05, 4.69) is 24.9 Å². The highest BCUT2D eigenvalue weighted by molar-refractivity contribution is 6.29. The van der Waals surface area contributed by atoms with E-state index in [0.717, 1.165) is 16.6 Å². The third kappa shape index (κ3) is 23.3. The van der Waals surface area contributed by atoms with Crippen molar-refractivity contribution < 1.29 is 66.2 Å². The van der Waals surface area contributed by atoms with Gasteiger partial charge in [-0.15, -0.1) is 0 Å². The number of esters is 1. The predicted octanol–water partition coefficient (Wildman–Crippen LogP) is 15.1. The van der Waals surface area contributed by atoms with Crippen LogP contribution < -0.4 is 26.2 Å². The summed E-state index contributed by atoms with van der Waals surface area (Å²) in [4.78, 5) is 98.5. The first-order chi connectivity index (χ1) is 60.9. The number of imidazole rings is 3. The van der Waals surface area contributed by atoms with Gasteiger partial charge in [-0.2, -0.15) is 5.26 Å². The van der Waals surface area contributed by atoms with E-state index >= 15 is 8.78 Å². The summed E-state index contributed by atoms with van der Waals surface area (Å²) >= 11 is 5.96. The highest BCUT2D eigenvalue weighted by Crippen LogP contribution is 2.31. The summed E-state index contributed by atoms with van der Waals surface area (Å²) < 4.78 is 88.1. The van der Waals surface area contributed by atoms with Gasteiger partial charge in [-0.1, -0.05) is 73.1 Å². The first-order valence-corrected chi connectivity index (χ1v) is 40.1. The van der Waals surface area contributed by atoms with Gasteiger partial charge in [0.2, 0.25) is 11.8 Å². The topological polar surface area (TPSA) is 329 Å². The average Bonchev–Trinajstić information content (AvgIpc) is 1.66. The second-order valence-corrected chi connectivity index (χ2v) is 28.9. The molecule has 9 aromatic heterocycles. The van der Waals surface area contributed by atoms with Crippen LogP contribution in [0.15, 0.2) is 233 Å². The van der Waals surface area contributed by atoms with Gasteiger partial charge < -0.3 is 66.0 Å². The maximum atomic E-state index is 15.4. The molecule has 9 heterocycles. The van der Waals surface area contributed by atoms with Crippen molar-refractivity contribution in [2.45, 2.75) is 79.0 Å². The molecular weight excluding hydrogens is 1640 g/mol. The molecule has 0 atom stereocenters. The lowest BCUT2D eigenvalue weighted by atomic mass is 10.1. The number of fused-ring (bicyclic) bond motifs is 3. The maximum absolute atomic E-state index is 15.4. The Labute approximate surface area is 727 Å². The number of pyridine rings is 6. The Bertz CT molecular complexity index is 6660. The van der Waals surface area contributed by atoms with Crippen molar-refractivity contribution in [3.05, 3.63) is 340 Å². The molecule has 0 saturated carbocycles. The van der Waals surface area contributed by atoms with Crippen molar-refractivity contribution >= 4 is 62.4 Å². The lowest BCUT2D eigenvalue weighted by Crippen LogP contribution is -2.21. The lowest BCUT2D eigenvalue weighted by Gasteiger charge is -2.11. The standard InChI is InChI=1S/C32H31FN4O4.C30H27FN4O5.C24H21ClFN3O3.C7H9NO2.C2H3N/c1-4-29(38)23-12-13-27-28(18-23)37(15-16-40-3)30(34-27)19-21-10-11-22(17-25(21)33)26-8-5-9-31(35-26)41-20-24-7-6-14-36(2)32(24)39;1-34-12-4-5-22(29(34)36)18-40-28-7-3-6-24(33-28)20-9-8-19(23(31)15-20)17-27-32-25-11-10-21(30(37)38)16-26(25)35(27)13-14-39-2;1-31-11-10-29-21-13-17(24(30)32-2)8-9-20(21)28-23(29)14-15-6-7-16(12-18(15)26)19-4-3-5-22(25)27-19;1-8-4-2-3-6(5-9)7(8)10;1-2-3/h5-14,17-18H,4,15-16,19-20H2,1-3H3;3-12,15-16H,13-14,17-18H2,1-2H3,(H,37,38);3-9,12-13H,10-11,14H2,1-2H3;2-4,9H,5H2,1H3;1H3. The van der Waals surface area contributed by atoms with Crippen molar-refractivity contribution in [1.82, 2.24) is 57.3 Å². The van der Waals surface area contributed by atoms with Crippen molar-refractivity contribution in [3.63, 3.8) is 0 Å². The van der Waals surface area contributed by atoms with Crippen LogP contribution in [0.4, 0.5) is 13.2 Å². The number of carboxylic acids is 1. The SMILES string of the molecule is CC#N.CCC(=O)c1ccc2nc(Cc3ccc(-c4cccc(OCc5cccn(C)c5=O)n4)cc3F)n(CCOC)c2c1.COCCn1c(Cc2ccc(-c3cccc(Cl)n3)cc2F)nc2ccc(C(=O)OC)cc21.COCCn1c(Cc2ccc(-c3cccc(OCc4cccn(C)c4=O)n3)cc2F)nc2ccc(C(=O)O)cc21.Cn1cccc(CO)c1=O. The highest BCUT2D eigenvalue weighted by atomic mass is 35.5. The van der Waals surface area contributed by atoms with E-state index in [4.69, 9.17) is 55.4 Å². The zero-order chi connectivity index (χ0) is 90.1. The molecule has 0 aliphatic rings. The van der Waals surface area contributed by atoms with Crippen molar-refractivity contribution in [1.29, 1.82) is 5.26 Å².